The molecule has 0 spiro atoms. The lowest BCUT2D eigenvalue weighted by Crippen LogP contribution is -2.52. The molecule has 0 aliphatic carbocycles. The molecule has 6 nitrogen and oxygen atoms in total. The van der Waals surface area contributed by atoms with Crippen molar-refractivity contribution in [3.63, 3.8) is 0 Å². The number of anilines is 1. The Hall–Kier alpha value is -3.45. The standard InChI is InChI=1S/C28H29FN4O2/c29-22-8-6-20(7-9-22)16-31-13-12-26(28(31)34)32-17-24-14-23(32)18-33(24)27-11-10-25(15-30-27)35-19-21-4-2-1-3-5-21/h1-11,15,23-24,26H,12-14,16-19H2/t23-,24-,26?/m0/s1. The highest BCUT2D eigenvalue weighted by molar-refractivity contribution is 5.84. The fourth-order valence-electron chi connectivity index (χ4n) is 5.73. The van der Waals surface area contributed by atoms with Crippen molar-refractivity contribution in [2.24, 2.45) is 0 Å². The van der Waals surface area contributed by atoms with E-state index in [4.69, 9.17) is 4.74 Å². The van der Waals surface area contributed by atoms with Crippen LogP contribution in [-0.2, 0) is 17.9 Å². The molecule has 7 heteroatoms. The minimum absolute atomic E-state index is 0.0469. The van der Waals surface area contributed by atoms with Crippen LogP contribution in [0.3, 0.4) is 0 Å². The van der Waals surface area contributed by atoms with Gasteiger partial charge in [0.05, 0.1) is 12.2 Å². The van der Waals surface area contributed by atoms with Crippen LogP contribution in [0.2, 0.25) is 0 Å². The van der Waals surface area contributed by atoms with Gasteiger partial charge in [0.25, 0.3) is 0 Å². The molecule has 1 amide bonds. The Bertz CT molecular complexity index is 1170. The predicted octanol–water partition coefficient (Wildman–Crippen LogP) is 3.86. The van der Waals surface area contributed by atoms with E-state index in [2.05, 4.69) is 14.8 Å². The fraction of sp³-hybridized carbons (Fsp3) is 0.357. The van der Waals surface area contributed by atoms with Crippen LogP contribution in [0.15, 0.2) is 72.9 Å². The highest BCUT2D eigenvalue weighted by Crippen LogP contribution is 2.37. The van der Waals surface area contributed by atoms with Crippen molar-refractivity contribution in [2.75, 3.05) is 24.5 Å². The summed E-state index contributed by atoms with van der Waals surface area (Å²) in [6.07, 6.45) is 3.72. The zero-order valence-electron chi connectivity index (χ0n) is 19.6. The molecule has 0 N–H and O–H groups in total. The van der Waals surface area contributed by atoms with E-state index in [1.807, 2.05) is 47.4 Å². The van der Waals surface area contributed by atoms with E-state index >= 15 is 0 Å². The number of hydrogen-bond donors (Lipinski definition) is 0. The van der Waals surface area contributed by atoms with E-state index in [1.165, 1.54) is 12.1 Å². The van der Waals surface area contributed by atoms with Crippen LogP contribution in [0.25, 0.3) is 0 Å². The van der Waals surface area contributed by atoms with Crippen LogP contribution in [0.1, 0.15) is 24.0 Å². The number of aromatic nitrogens is 1. The molecule has 2 bridgehead atoms. The Morgan fingerprint density at radius 3 is 2.49 bits per heavy atom. The summed E-state index contributed by atoms with van der Waals surface area (Å²) in [5, 5.41) is 0. The molecule has 3 saturated heterocycles. The van der Waals surface area contributed by atoms with Gasteiger partial charge in [0, 0.05) is 38.3 Å². The summed E-state index contributed by atoms with van der Waals surface area (Å²) in [5.74, 6) is 1.69. The average Bonchev–Trinajstić information content (AvgIpc) is 3.60. The number of hydrogen-bond acceptors (Lipinski definition) is 5. The second-order valence-corrected chi connectivity index (χ2v) is 9.71. The van der Waals surface area contributed by atoms with Crippen molar-refractivity contribution in [3.05, 3.63) is 89.9 Å². The van der Waals surface area contributed by atoms with Crippen LogP contribution in [0.5, 0.6) is 5.75 Å². The normalized spacial score (nSPS) is 23.9. The van der Waals surface area contributed by atoms with Gasteiger partial charge in [0.15, 0.2) is 0 Å². The number of halogens is 1. The van der Waals surface area contributed by atoms with E-state index in [1.54, 1.807) is 18.3 Å². The molecule has 3 aliphatic rings. The molecule has 3 aromatic rings. The first-order valence-corrected chi connectivity index (χ1v) is 12.3. The minimum atomic E-state index is -0.249. The van der Waals surface area contributed by atoms with Gasteiger partial charge in [-0.05, 0) is 48.2 Å². The maximum absolute atomic E-state index is 13.2. The lowest BCUT2D eigenvalue weighted by atomic mass is 10.1. The SMILES string of the molecule is O=C1C(N2C[C@@H]3C[C@H]2CN3c2ccc(OCc3ccccc3)cn2)CCN1Cc1ccc(F)cc1. The molecule has 1 aromatic heterocycles. The van der Waals surface area contributed by atoms with Crippen LogP contribution in [-0.4, -0.2) is 58.5 Å². The highest BCUT2D eigenvalue weighted by Gasteiger charge is 2.49. The summed E-state index contributed by atoms with van der Waals surface area (Å²) in [6.45, 7) is 3.61. The molecule has 2 aromatic carbocycles. The van der Waals surface area contributed by atoms with Gasteiger partial charge < -0.3 is 14.5 Å². The predicted molar refractivity (Wildman–Crippen MR) is 131 cm³/mol. The van der Waals surface area contributed by atoms with Gasteiger partial charge in [0.2, 0.25) is 5.91 Å². The third-order valence-electron chi connectivity index (χ3n) is 7.50. The number of pyridine rings is 1. The summed E-state index contributed by atoms with van der Waals surface area (Å²) >= 11 is 0. The Morgan fingerprint density at radius 1 is 0.943 bits per heavy atom. The number of benzene rings is 2. The van der Waals surface area contributed by atoms with Gasteiger partial charge in [0.1, 0.15) is 24.0 Å². The highest BCUT2D eigenvalue weighted by atomic mass is 19.1. The molecule has 4 heterocycles. The topological polar surface area (TPSA) is 48.9 Å². The maximum atomic E-state index is 13.2. The number of amides is 1. The molecule has 0 saturated carbocycles. The fourth-order valence-corrected chi connectivity index (χ4v) is 5.73. The lowest BCUT2D eigenvalue weighted by Gasteiger charge is -2.37. The number of likely N-dealkylation sites (tertiary alicyclic amines) is 2. The largest absolute Gasteiger partial charge is 0.487 e. The van der Waals surface area contributed by atoms with E-state index in [0.29, 0.717) is 25.2 Å². The number of carbonyl (C=O) groups excluding carboxylic acids is 1. The van der Waals surface area contributed by atoms with Crippen molar-refractivity contribution in [3.8, 4) is 5.75 Å². The molecule has 3 aliphatic heterocycles. The van der Waals surface area contributed by atoms with Gasteiger partial charge in [-0.25, -0.2) is 9.37 Å². The number of nitrogens with zero attached hydrogens (tertiary/aromatic N) is 4. The first kappa shape index (κ1) is 22.0. The Morgan fingerprint density at radius 2 is 1.77 bits per heavy atom. The van der Waals surface area contributed by atoms with Crippen LogP contribution < -0.4 is 9.64 Å². The van der Waals surface area contributed by atoms with E-state index in [-0.39, 0.29) is 17.8 Å². The van der Waals surface area contributed by atoms with Crippen LogP contribution in [0, 0.1) is 5.82 Å². The molecule has 180 valence electrons. The van der Waals surface area contributed by atoms with Gasteiger partial charge in [-0.1, -0.05) is 42.5 Å². The number of rotatable bonds is 7. The number of carbonyl (C=O) groups is 1. The smallest absolute Gasteiger partial charge is 0.240 e. The summed E-state index contributed by atoms with van der Waals surface area (Å²) in [5.41, 5.74) is 2.10. The van der Waals surface area contributed by atoms with E-state index < -0.39 is 0 Å². The third-order valence-corrected chi connectivity index (χ3v) is 7.50. The zero-order valence-corrected chi connectivity index (χ0v) is 19.6. The lowest BCUT2D eigenvalue weighted by molar-refractivity contribution is -0.133. The molecule has 3 atom stereocenters. The first-order chi connectivity index (χ1) is 17.1. The molecule has 3 fully saturated rings. The third kappa shape index (κ3) is 4.48. The van der Waals surface area contributed by atoms with Crippen molar-refractivity contribution < 1.29 is 13.9 Å². The molecule has 6 rings (SSSR count). The number of piperazine rings is 1. The summed E-state index contributed by atoms with van der Waals surface area (Å²) in [4.78, 5) is 24.5. The van der Waals surface area contributed by atoms with Crippen LogP contribution >= 0.6 is 0 Å². The van der Waals surface area contributed by atoms with E-state index in [9.17, 15) is 9.18 Å². The second kappa shape index (κ2) is 9.30. The Labute approximate surface area is 204 Å². The van der Waals surface area contributed by atoms with Gasteiger partial charge in [-0.3, -0.25) is 9.69 Å². The Kier molecular flexibility index (Phi) is 5.86. The molecule has 35 heavy (non-hydrogen) atoms. The van der Waals surface area contributed by atoms with E-state index in [0.717, 1.165) is 55.2 Å². The molecular weight excluding hydrogens is 443 g/mol. The maximum Gasteiger partial charge on any atom is 0.240 e. The Balaban J connectivity index is 1.04. The number of fused-ring (bicyclic) bond motifs is 2. The van der Waals surface area contributed by atoms with Crippen molar-refractivity contribution in [2.45, 2.75) is 44.1 Å². The molecular formula is C28H29FN4O2. The first-order valence-electron chi connectivity index (χ1n) is 12.3. The summed E-state index contributed by atoms with van der Waals surface area (Å²) in [6, 6.07) is 21.3. The van der Waals surface area contributed by atoms with Crippen molar-refractivity contribution in [1.29, 1.82) is 0 Å². The number of ether oxygens (including phenoxy) is 1. The summed E-state index contributed by atoms with van der Waals surface area (Å²) in [7, 11) is 0. The quantitative estimate of drug-likeness (QED) is 0.523. The summed E-state index contributed by atoms with van der Waals surface area (Å²) < 4.78 is 19.1. The van der Waals surface area contributed by atoms with Gasteiger partial charge in [-0.2, -0.15) is 0 Å². The second-order valence-electron chi connectivity index (χ2n) is 9.71. The van der Waals surface area contributed by atoms with Crippen molar-refractivity contribution >= 4 is 11.7 Å². The molecule has 1 unspecified atom stereocenters. The zero-order chi connectivity index (χ0) is 23.8. The van der Waals surface area contributed by atoms with Crippen molar-refractivity contribution in [1.82, 2.24) is 14.8 Å². The molecule has 0 radical (unpaired) electrons. The van der Waals surface area contributed by atoms with Crippen LogP contribution in [0.4, 0.5) is 10.2 Å². The minimum Gasteiger partial charge on any atom is -0.487 e. The van der Waals surface area contributed by atoms with Gasteiger partial charge in [-0.15, -0.1) is 0 Å². The van der Waals surface area contributed by atoms with Gasteiger partial charge >= 0.3 is 0 Å². The average molecular weight is 473 g/mol. The monoisotopic (exact) mass is 472 g/mol.